The number of sulfonamides is 1. The van der Waals surface area contributed by atoms with E-state index in [1.165, 1.54) is 19.2 Å². The molecule has 1 aromatic rings. The maximum Gasteiger partial charge on any atom is 0.312 e. The van der Waals surface area contributed by atoms with Crippen molar-refractivity contribution in [1.82, 2.24) is 4.98 Å². The van der Waals surface area contributed by atoms with Crippen LogP contribution in [-0.4, -0.2) is 30.1 Å². The number of nitrogens with zero attached hydrogens (tertiary/aromatic N) is 2. The molecule has 3 N–H and O–H groups in total. The zero-order valence-corrected chi connectivity index (χ0v) is 11.7. The van der Waals surface area contributed by atoms with E-state index in [4.69, 9.17) is 5.14 Å². The van der Waals surface area contributed by atoms with Crippen LogP contribution in [0.2, 0.25) is 0 Å². The number of primary sulfonamides is 1. The molecular weight excluding hydrogens is 328 g/mol. The summed E-state index contributed by atoms with van der Waals surface area (Å²) in [5.41, 5.74) is -0.244. The van der Waals surface area contributed by atoms with E-state index in [0.29, 0.717) is 4.47 Å². The van der Waals surface area contributed by atoms with Crippen LogP contribution in [0.1, 0.15) is 6.92 Å². The number of aromatic nitrogens is 1. The monoisotopic (exact) mass is 338 g/mol. The molecule has 0 aliphatic rings. The van der Waals surface area contributed by atoms with E-state index in [0.717, 1.165) is 0 Å². The first-order valence-corrected chi connectivity index (χ1v) is 7.17. The van der Waals surface area contributed by atoms with Gasteiger partial charge >= 0.3 is 5.69 Å². The minimum absolute atomic E-state index is 0.00120. The molecule has 1 rings (SSSR count). The second-order valence-corrected chi connectivity index (χ2v) is 6.46. The number of anilines is 1. The number of hydrogen-bond acceptors (Lipinski definition) is 6. The van der Waals surface area contributed by atoms with Crippen molar-refractivity contribution in [2.75, 3.05) is 11.9 Å². The summed E-state index contributed by atoms with van der Waals surface area (Å²) in [5, 5.41) is 17.4. The fourth-order valence-corrected chi connectivity index (χ4v) is 1.70. The highest BCUT2D eigenvalue weighted by Gasteiger charge is 2.19. The van der Waals surface area contributed by atoms with Crippen molar-refractivity contribution < 1.29 is 13.3 Å². The lowest BCUT2D eigenvalue weighted by molar-refractivity contribution is -0.384. The quantitative estimate of drug-likeness (QED) is 0.604. The van der Waals surface area contributed by atoms with Crippen molar-refractivity contribution in [3.05, 3.63) is 26.9 Å². The number of nitrogens with two attached hydrogens (primary N) is 1. The van der Waals surface area contributed by atoms with E-state index in [9.17, 15) is 18.5 Å². The molecule has 1 aromatic heterocycles. The molecule has 0 fully saturated rings. The first-order chi connectivity index (χ1) is 8.21. The summed E-state index contributed by atoms with van der Waals surface area (Å²) in [6.07, 6.45) is 1.37. The van der Waals surface area contributed by atoms with Crippen LogP contribution >= 0.6 is 15.9 Å². The summed E-state index contributed by atoms with van der Waals surface area (Å²) >= 11 is 3.07. The second kappa shape index (κ2) is 5.59. The zero-order chi connectivity index (χ0) is 13.9. The normalized spacial score (nSPS) is 13.1. The van der Waals surface area contributed by atoms with Crippen LogP contribution < -0.4 is 10.5 Å². The molecule has 0 unspecified atom stereocenters. The van der Waals surface area contributed by atoms with Gasteiger partial charge in [0.05, 0.1) is 10.2 Å². The van der Waals surface area contributed by atoms with Crippen molar-refractivity contribution in [1.29, 1.82) is 0 Å². The minimum atomic E-state index is -3.68. The summed E-state index contributed by atoms with van der Waals surface area (Å²) in [6.45, 7) is 1.33. The second-order valence-electron chi connectivity index (χ2n) is 3.56. The third kappa shape index (κ3) is 3.89. The van der Waals surface area contributed by atoms with Gasteiger partial charge in [-0.3, -0.25) is 10.1 Å². The van der Waals surface area contributed by atoms with Gasteiger partial charge in [-0.1, -0.05) is 0 Å². The van der Waals surface area contributed by atoms with E-state index < -0.39 is 20.2 Å². The van der Waals surface area contributed by atoms with E-state index >= 15 is 0 Å². The SMILES string of the molecule is C[C@H](CNc1ncc(Br)cc1[N+](=O)[O-])S(N)(=O)=O. The largest absolute Gasteiger partial charge is 0.363 e. The molecule has 100 valence electrons. The average Bonchev–Trinajstić information content (AvgIpc) is 2.25. The predicted octanol–water partition coefficient (Wildman–Crippen LogP) is 0.841. The number of hydrogen-bond donors (Lipinski definition) is 2. The Bertz CT molecular complexity index is 562. The first-order valence-electron chi connectivity index (χ1n) is 4.77. The Balaban J connectivity index is 2.89. The molecule has 0 aromatic carbocycles. The molecule has 0 radical (unpaired) electrons. The molecule has 0 saturated carbocycles. The van der Waals surface area contributed by atoms with Crippen LogP contribution in [0.25, 0.3) is 0 Å². The van der Waals surface area contributed by atoms with Gasteiger partial charge in [-0.05, 0) is 22.9 Å². The van der Waals surface area contributed by atoms with Gasteiger partial charge in [0, 0.05) is 23.3 Å². The predicted molar refractivity (Wildman–Crippen MR) is 69.7 cm³/mol. The van der Waals surface area contributed by atoms with Crippen LogP contribution in [0.3, 0.4) is 0 Å². The Kier molecular flexibility index (Phi) is 4.59. The van der Waals surface area contributed by atoms with Crippen molar-refractivity contribution in [3.8, 4) is 0 Å². The van der Waals surface area contributed by atoms with Gasteiger partial charge in [0.2, 0.25) is 15.8 Å². The van der Waals surface area contributed by atoms with Gasteiger partial charge in [0.15, 0.2) is 0 Å². The maximum atomic E-state index is 11.0. The Morgan fingerprint density at radius 3 is 2.78 bits per heavy atom. The summed E-state index contributed by atoms with van der Waals surface area (Å²) in [7, 11) is -3.68. The summed E-state index contributed by atoms with van der Waals surface area (Å²) in [6, 6.07) is 1.27. The van der Waals surface area contributed by atoms with Gasteiger partial charge in [-0.15, -0.1) is 0 Å². The maximum absolute atomic E-state index is 11.0. The van der Waals surface area contributed by atoms with E-state index in [-0.39, 0.29) is 18.1 Å². The molecule has 0 spiro atoms. The van der Waals surface area contributed by atoms with Gasteiger partial charge < -0.3 is 5.32 Å². The van der Waals surface area contributed by atoms with Gasteiger partial charge in [0.1, 0.15) is 0 Å². The number of nitrogens with one attached hydrogen (secondary N) is 1. The standard InChI is InChI=1S/C8H11BrN4O4S/c1-5(18(10,16)17)3-11-8-7(13(14)15)2-6(9)4-12-8/h2,4-5H,3H2,1H3,(H,11,12)(H2,10,16,17)/t5-/m1/s1. The number of pyridine rings is 1. The summed E-state index contributed by atoms with van der Waals surface area (Å²) in [4.78, 5) is 14.0. The first kappa shape index (κ1) is 14.8. The molecular formula is C8H11BrN4O4S. The van der Waals surface area contributed by atoms with E-state index in [1.807, 2.05) is 0 Å². The molecule has 10 heteroatoms. The van der Waals surface area contributed by atoms with Gasteiger partial charge in [-0.25, -0.2) is 18.5 Å². The third-order valence-electron chi connectivity index (χ3n) is 2.15. The molecule has 18 heavy (non-hydrogen) atoms. The molecule has 0 aliphatic heterocycles. The number of halogens is 1. The molecule has 0 bridgehead atoms. The van der Waals surface area contributed by atoms with Crippen LogP contribution in [0.5, 0.6) is 0 Å². The fraction of sp³-hybridized carbons (Fsp3) is 0.375. The molecule has 0 aliphatic carbocycles. The molecule has 0 saturated heterocycles. The average molecular weight is 339 g/mol. The van der Waals surface area contributed by atoms with Crippen molar-refractivity contribution >= 4 is 37.5 Å². The van der Waals surface area contributed by atoms with E-state index in [2.05, 4.69) is 26.2 Å². The van der Waals surface area contributed by atoms with E-state index in [1.54, 1.807) is 0 Å². The lowest BCUT2D eigenvalue weighted by atomic mass is 10.4. The molecule has 1 atom stereocenters. The Labute approximate surface area is 112 Å². The minimum Gasteiger partial charge on any atom is -0.363 e. The highest BCUT2D eigenvalue weighted by Crippen LogP contribution is 2.25. The topological polar surface area (TPSA) is 128 Å². The Morgan fingerprint density at radius 1 is 1.67 bits per heavy atom. The highest BCUT2D eigenvalue weighted by atomic mass is 79.9. The molecule has 0 amide bonds. The van der Waals surface area contributed by atoms with Gasteiger partial charge in [0.25, 0.3) is 0 Å². The van der Waals surface area contributed by atoms with Crippen molar-refractivity contribution in [2.24, 2.45) is 5.14 Å². The number of rotatable bonds is 5. The van der Waals surface area contributed by atoms with Crippen molar-refractivity contribution in [3.63, 3.8) is 0 Å². The molecule has 1 heterocycles. The number of nitro groups is 1. The summed E-state index contributed by atoms with van der Waals surface area (Å²) < 4.78 is 22.5. The van der Waals surface area contributed by atoms with Crippen LogP contribution in [-0.2, 0) is 10.0 Å². The van der Waals surface area contributed by atoms with Crippen LogP contribution in [0.4, 0.5) is 11.5 Å². The zero-order valence-electron chi connectivity index (χ0n) is 9.33. The van der Waals surface area contributed by atoms with Crippen molar-refractivity contribution in [2.45, 2.75) is 12.2 Å². The fourth-order valence-electron chi connectivity index (χ4n) is 1.06. The lowest BCUT2D eigenvalue weighted by Crippen LogP contribution is -2.32. The lowest BCUT2D eigenvalue weighted by Gasteiger charge is -2.10. The smallest absolute Gasteiger partial charge is 0.312 e. The van der Waals surface area contributed by atoms with Crippen LogP contribution in [0, 0.1) is 10.1 Å². The van der Waals surface area contributed by atoms with Gasteiger partial charge in [-0.2, -0.15) is 0 Å². The Hall–Kier alpha value is -1.26. The Morgan fingerprint density at radius 2 is 2.28 bits per heavy atom. The van der Waals surface area contributed by atoms with Crippen LogP contribution in [0.15, 0.2) is 16.7 Å². The third-order valence-corrected chi connectivity index (χ3v) is 3.87. The molecule has 8 nitrogen and oxygen atoms in total. The summed E-state index contributed by atoms with van der Waals surface area (Å²) in [5.74, 6) is -0.00120. The highest BCUT2D eigenvalue weighted by molar-refractivity contribution is 9.10.